The summed E-state index contributed by atoms with van der Waals surface area (Å²) in [5.74, 6) is 0.851. The van der Waals surface area contributed by atoms with Crippen LogP contribution >= 0.6 is 0 Å². The number of nitrogens with one attached hydrogen (secondary N) is 2. The second kappa shape index (κ2) is 9.26. The fourth-order valence-corrected chi connectivity index (χ4v) is 3.24. The molecule has 0 aliphatic rings. The number of hydrogen-bond acceptors (Lipinski definition) is 3. The topological polar surface area (TPSA) is 67.0 Å². The molecule has 1 heterocycles. The van der Waals surface area contributed by atoms with E-state index in [0.717, 1.165) is 28.2 Å². The van der Waals surface area contributed by atoms with Gasteiger partial charge in [0.05, 0.1) is 24.1 Å². The van der Waals surface area contributed by atoms with Crippen LogP contribution in [0.2, 0.25) is 0 Å². The highest BCUT2D eigenvalue weighted by molar-refractivity contribution is 5.96. The van der Waals surface area contributed by atoms with E-state index in [2.05, 4.69) is 15.3 Å². The number of H-pyrrole nitrogens is 1. The second-order valence-corrected chi connectivity index (χ2v) is 6.96. The largest absolute Gasteiger partial charge is 0.493 e. The molecule has 0 bridgehead atoms. The highest BCUT2D eigenvalue weighted by Crippen LogP contribution is 2.23. The lowest BCUT2D eigenvalue weighted by Crippen LogP contribution is -2.23. The third-order valence-electron chi connectivity index (χ3n) is 4.84. The summed E-state index contributed by atoms with van der Waals surface area (Å²) in [6.45, 7) is 2.79. The van der Waals surface area contributed by atoms with Gasteiger partial charge in [0, 0.05) is 12.1 Å². The third kappa shape index (κ3) is 4.80. The van der Waals surface area contributed by atoms with Gasteiger partial charge in [-0.25, -0.2) is 9.37 Å². The van der Waals surface area contributed by atoms with Gasteiger partial charge in [0.2, 0.25) is 0 Å². The Morgan fingerprint density at radius 2 is 1.71 bits per heavy atom. The fourth-order valence-electron chi connectivity index (χ4n) is 3.24. The maximum absolute atomic E-state index is 13.1. The molecule has 0 aliphatic carbocycles. The maximum Gasteiger partial charge on any atom is 0.255 e. The molecule has 3 aromatic carbocycles. The van der Waals surface area contributed by atoms with Gasteiger partial charge in [-0.05, 0) is 54.4 Å². The number of imidazole rings is 1. The minimum Gasteiger partial charge on any atom is -0.493 e. The van der Waals surface area contributed by atoms with Crippen LogP contribution in [-0.2, 0) is 6.54 Å². The predicted molar refractivity (Wildman–Crippen MR) is 118 cm³/mol. The molecular weight excluding hydrogens is 393 g/mol. The van der Waals surface area contributed by atoms with Crippen LogP contribution in [0.1, 0.15) is 22.8 Å². The van der Waals surface area contributed by atoms with Crippen molar-refractivity contribution in [3.8, 4) is 28.4 Å². The molecule has 0 unspecified atom stereocenters. The Balaban J connectivity index is 1.41. The van der Waals surface area contributed by atoms with Gasteiger partial charge in [-0.15, -0.1) is 0 Å². The molecule has 0 aliphatic heterocycles. The number of carbonyl (C=O) groups excluding carboxylic acids is 1. The van der Waals surface area contributed by atoms with Gasteiger partial charge in [0.25, 0.3) is 5.91 Å². The van der Waals surface area contributed by atoms with Crippen LogP contribution < -0.4 is 10.1 Å². The van der Waals surface area contributed by atoms with Crippen LogP contribution in [0.15, 0.2) is 79.0 Å². The Bertz CT molecular complexity index is 1170. The molecule has 156 valence electrons. The number of nitrogens with zero attached hydrogens (tertiary/aromatic N) is 1. The van der Waals surface area contributed by atoms with E-state index in [1.807, 2.05) is 43.3 Å². The highest BCUT2D eigenvalue weighted by atomic mass is 19.1. The van der Waals surface area contributed by atoms with Crippen molar-refractivity contribution in [1.29, 1.82) is 0 Å². The van der Waals surface area contributed by atoms with Gasteiger partial charge in [-0.1, -0.05) is 36.4 Å². The van der Waals surface area contributed by atoms with E-state index >= 15 is 0 Å². The number of rotatable bonds is 7. The van der Waals surface area contributed by atoms with Crippen LogP contribution in [0.4, 0.5) is 4.39 Å². The minimum absolute atomic E-state index is 0.178. The van der Waals surface area contributed by atoms with Crippen molar-refractivity contribution in [3.63, 3.8) is 0 Å². The van der Waals surface area contributed by atoms with Crippen molar-refractivity contribution in [2.75, 3.05) is 6.61 Å². The summed E-state index contributed by atoms with van der Waals surface area (Å²) in [4.78, 5) is 20.2. The Hall–Kier alpha value is -3.93. The molecule has 5 nitrogen and oxygen atoms in total. The van der Waals surface area contributed by atoms with E-state index < -0.39 is 0 Å². The normalized spacial score (nSPS) is 10.6. The van der Waals surface area contributed by atoms with Crippen LogP contribution in [0, 0.1) is 5.82 Å². The number of ether oxygens (including phenoxy) is 1. The number of para-hydroxylation sites is 1. The first-order valence-corrected chi connectivity index (χ1v) is 10.0. The van der Waals surface area contributed by atoms with Gasteiger partial charge < -0.3 is 15.0 Å². The molecule has 6 heteroatoms. The smallest absolute Gasteiger partial charge is 0.255 e. The summed E-state index contributed by atoms with van der Waals surface area (Å²) in [5, 5.41) is 2.93. The third-order valence-corrected chi connectivity index (χ3v) is 4.84. The molecule has 4 rings (SSSR count). The number of carbonyl (C=O) groups is 1. The lowest BCUT2D eigenvalue weighted by atomic mass is 10.1. The average Bonchev–Trinajstić information content (AvgIpc) is 3.29. The lowest BCUT2D eigenvalue weighted by Gasteiger charge is -2.10. The lowest BCUT2D eigenvalue weighted by molar-refractivity contribution is 0.0947. The molecular formula is C25H22FN3O2. The van der Waals surface area contributed by atoms with Gasteiger partial charge >= 0.3 is 0 Å². The zero-order valence-electron chi connectivity index (χ0n) is 17.1. The SMILES string of the molecule is CCOc1ccccc1C(=O)NCc1ccc(-c2ncc(-c3ccc(F)cc3)[nH]2)cc1. The minimum atomic E-state index is -0.271. The Labute approximate surface area is 179 Å². The molecule has 4 aromatic rings. The Morgan fingerprint density at radius 1 is 1.00 bits per heavy atom. The van der Waals surface area contributed by atoms with Crippen molar-refractivity contribution < 1.29 is 13.9 Å². The molecule has 1 aromatic heterocycles. The molecule has 0 spiro atoms. The van der Waals surface area contributed by atoms with Crippen molar-refractivity contribution in [2.45, 2.75) is 13.5 Å². The molecule has 0 atom stereocenters. The highest BCUT2D eigenvalue weighted by Gasteiger charge is 2.12. The average molecular weight is 415 g/mol. The van der Waals surface area contributed by atoms with Crippen LogP contribution in [0.5, 0.6) is 5.75 Å². The second-order valence-electron chi connectivity index (χ2n) is 6.96. The van der Waals surface area contributed by atoms with E-state index in [1.54, 1.807) is 30.5 Å². The van der Waals surface area contributed by atoms with Crippen LogP contribution in [0.3, 0.4) is 0 Å². The first kappa shape index (κ1) is 20.3. The van der Waals surface area contributed by atoms with E-state index in [-0.39, 0.29) is 11.7 Å². The van der Waals surface area contributed by atoms with Gasteiger partial charge in [-0.3, -0.25) is 4.79 Å². The van der Waals surface area contributed by atoms with E-state index in [4.69, 9.17) is 4.74 Å². The zero-order chi connectivity index (χ0) is 21.6. The van der Waals surface area contributed by atoms with Crippen LogP contribution in [0.25, 0.3) is 22.6 Å². The summed E-state index contributed by atoms with van der Waals surface area (Å²) < 4.78 is 18.6. The number of aromatic amines is 1. The first-order chi connectivity index (χ1) is 15.1. The summed E-state index contributed by atoms with van der Waals surface area (Å²) in [6, 6.07) is 21.3. The summed E-state index contributed by atoms with van der Waals surface area (Å²) in [7, 11) is 0. The van der Waals surface area contributed by atoms with Crippen molar-refractivity contribution in [1.82, 2.24) is 15.3 Å². The maximum atomic E-state index is 13.1. The van der Waals surface area contributed by atoms with Crippen molar-refractivity contribution in [2.24, 2.45) is 0 Å². The molecule has 0 saturated heterocycles. The quantitative estimate of drug-likeness (QED) is 0.435. The number of benzene rings is 3. The van der Waals surface area contributed by atoms with E-state index in [1.165, 1.54) is 12.1 Å². The number of halogens is 1. The standard InChI is InChI=1S/C25H22FN3O2/c1-2-31-23-6-4-3-5-21(23)25(30)28-15-17-7-9-19(10-8-17)24-27-16-22(29-24)18-11-13-20(26)14-12-18/h3-14,16H,2,15H2,1H3,(H,27,29)(H,28,30). The van der Waals surface area contributed by atoms with Gasteiger partial charge in [0.15, 0.2) is 0 Å². The molecule has 0 fully saturated rings. The number of aromatic nitrogens is 2. The monoisotopic (exact) mass is 415 g/mol. The number of amides is 1. The molecule has 0 saturated carbocycles. The van der Waals surface area contributed by atoms with E-state index in [9.17, 15) is 9.18 Å². The van der Waals surface area contributed by atoms with E-state index in [0.29, 0.717) is 24.5 Å². The predicted octanol–water partition coefficient (Wildman–Crippen LogP) is 5.21. The molecule has 0 radical (unpaired) electrons. The van der Waals surface area contributed by atoms with Gasteiger partial charge in [0.1, 0.15) is 17.4 Å². The Kier molecular flexibility index (Phi) is 6.08. The number of hydrogen-bond donors (Lipinski definition) is 2. The van der Waals surface area contributed by atoms with Gasteiger partial charge in [-0.2, -0.15) is 0 Å². The molecule has 2 N–H and O–H groups in total. The first-order valence-electron chi connectivity index (χ1n) is 10.0. The fraction of sp³-hybridized carbons (Fsp3) is 0.120. The van der Waals surface area contributed by atoms with Crippen molar-refractivity contribution >= 4 is 5.91 Å². The summed E-state index contributed by atoms with van der Waals surface area (Å²) in [5.41, 5.74) is 4.09. The summed E-state index contributed by atoms with van der Waals surface area (Å²) >= 11 is 0. The molecule has 1 amide bonds. The summed E-state index contributed by atoms with van der Waals surface area (Å²) in [6.07, 6.45) is 1.73. The molecule has 31 heavy (non-hydrogen) atoms. The Morgan fingerprint density at radius 3 is 2.45 bits per heavy atom. The van der Waals surface area contributed by atoms with Crippen molar-refractivity contribution in [3.05, 3.63) is 95.9 Å². The van der Waals surface area contributed by atoms with Crippen LogP contribution in [-0.4, -0.2) is 22.5 Å². The zero-order valence-corrected chi connectivity index (χ0v) is 17.1.